The van der Waals surface area contributed by atoms with Crippen LogP contribution in [0.1, 0.15) is 38.2 Å². The zero-order valence-electron chi connectivity index (χ0n) is 15.1. The molecule has 0 unspecified atom stereocenters. The molecule has 0 radical (unpaired) electrons. The van der Waals surface area contributed by atoms with Crippen LogP contribution in [-0.4, -0.2) is 20.5 Å². The summed E-state index contributed by atoms with van der Waals surface area (Å²) in [6, 6.07) is 8.41. The molecule has 0 bridgehead atoms. The molecular formula is C20H19ClF2O4S. The van der Waals surface area contributed by atoms with Crippen molar-refractivity contribution in [3.63, 3.8) is 0 Å². The Bertz CT molecular complexity index is 982. The van der Waals surface area contributed by atoms with Gasteiger partial charge >= 0.3 is 5.97 Å². The zero-order chi connectivity index (χ0) is 20.5. The monoisotopic (exact) mass is 428 g/mol. The van der Waals surface area contributed by atoms with E-state index in [1.54, 1.807) is 0 Å². The average Bonchev–Trinajstić information content (AvgIpc) is 2.64. The lowest BCUT2D eigenvalue weighted by Gasteiger charge is -2.39. The maximum Gasteiger partial charge on any atom is 0.302 e. The van der Waals surface area contributed by atoms with Crippen LogP contribution < -0.4 is 0 Å². The van der Waals surface area contributed by atoms with Crippen LogP contribution in [0.3, 0.4) is 0 Å². The summed E-state index contributed by atoms with van der Waals surface area (Å²) < 4.78 is 59.3. The Labute approximate surface area is 167 Å². The van der Waals surface area contributed by atoms with Crippen LogP contribution in [0.25, 0.3) is 0 Å². The first-order valence-electron chi connectivity index (χ1n) is 8.79. The highest BCUT2D eigenvalue weighted by Crippen LogP contribution is 2.48. The third-order valence-corrected chi connectivity index (χ3v) is 7.93. The van der Waals surface area contributed by atoms with Gasteiger partial charge in [-0.1, -0.05) is 11.6 Å². The fourth-order valence-electron chi connectivity index (χ4n) is 3.78. The number of hydrogen-bond acceptors (Lipinski definition) is 4. The highest BCUT2D eigenvalue weighted by molar-refractivity contribution is 7.92. The van der Waals surface area contributed by atoms with E-state index in [4.69, 9.17) is 16.3 Å². The molecule has 1 aliphatic carbocycles. The van der Waals surface area contributed by atoms with Gasteiger partial charge in [-0.25, -0.2) is 17.2 Å². The first-order valence-corrected chi connectivity index (χ1v) is 10.6. The SMILES string of the molecule is CC(=O)OC1CCC(c2cc(F)ccc2F)(S(=O)(=O)c2ccc(Cl)cc2)CC1. The van der Waals surface area contributed by atoms with Gasteiger partial charge in [0.1, 0.15) is 22.5 Å². The number of esters is 1. The molecule has 0 N–H and O–H groups in total. The minimum absolute atomic E-state index is 0.00369. The summed E-state index contributed by atoms with van der Waals surface area (Å²) in [5, 5.41) is 0.364. The van der Waals surface area contributed by atoms with Crippen LogP contribution >= 0.6 is 11.6 Å². The molecule has 0 atom stereocenters. The fraction of sp³-hybridized carbons (Fsp3) is 0.350. The normalized spacial score (nSPS) is 22.6. The van der Waals surface area contributed by atoms with Gasteiger partial charge in [0, 0.05) is 17.5 Å². The fourth-order valence-corrected chi connectivity index (χ4v) is 6.07. The van der Waals surface area contributed by atoms with E-state index in [0.717, 1.165) is 18.2 Å². The van der Waals surface area contributed by atoms with Gasteiger partial charge in [-0.05, 0) is 68.1 Å². The molecule has 3 rings (SSSR count). The Kier molecular flexibility index (Phi) is 5.77. The number of rotatable bonds is 4. The minimum Gasteiger partial charge on any atom is -0.463 e. The molecule has 2 aromatic carbocycles. The molecule has 0 heterocycles. The summed E-state index contributed by atoms with van der Waals surface area (Å²) in [6.45, 7) is 1.28. The topological polar surface area (TPSA) is 60.4 Å². The number of sulfone groups is 1. The van der Waals surface area contributed by atoms with Gasteiger partial charge in [0.05, 0.1) is 4.90 Å². The van der Waals surface area contributed by atoms with E-state index in [2.05, 4.69) is 0 Å². The van der Waals surface area contributed by atoms with Crippen molar-refractivity contribution in [2.45, 2.75) is 48.4 Å². The van der Waals surface area contributed by atoms with E-state index in [1.165, 1.54) is 31.2 Å². The Balaban J connectivity index is 2.12. The van der Waals surface area contributed by atoms with Crippen LogP contribution in [0.4, 0.5) is 8.78 Å². The van der Waals surface area contributed by atoms with E-state index < -0.39 is 38.3 Å². The van der Waals surface area contributed by atoms with Crippen LogP contribution in [0.15, 0.2) is 47.4 Å². The average molecular weight is 429 g/mol. The Morgan fingerprint density at radius 2 is 1.71 bits per heavy atom. The van der Waals surface area contributed by atoms with Crippen molar-refractivity contribution in [1.82, 2.24) is 0 Å². The van der Waals surface area contributed by atoms with Crippen LogP contribution in [0.5, 0.6) is 0 Å². The Hall–Kier alpha value is -1.99. The number of halogens is 3. The molecule has 28 heavy (non-hydrogen) atoms. The van der Waals surface area contributed by atoms with Crippen LogP contribution in [0, 0.1) is 11.6 Å². The maximum atomic E-state index is 14.7. The van der Waals surface area contributed by atoms with Crippen molar-refractivity contribution in [2.75, 3.05) is 0 Å². The van der Waals surface area contributed by atoms with E-state index >= 15 is 0 Å². The molecule has 1 fully saturated rings. The molecule has 1 aliphatic rings. The lowest BCUT2D eigenvalue weighted by molar-refractivity contribution is -0.148. The van der Waals surface area contributed by atoms with Crippen molar-refractivity contribution in [3.8, 4) is 0 Å². The molecule has 150 valence electrons. The number of ether oxygens (including phenoxy) is 1. The highest BCUT2D eigenvalue weighted by Gasteiger charge is 2.50. The quantitative estimate of drug-likeness (QED) is 0.657. The molecule has 0 spiro atoms. The van der Waals surface area contributed by atoms with Gasteiger partial charge in [0.15, 0.2) is 9.84 Å². The summed E-state index contributed by atoms with van der Waals surface area (Å²) in [6.07, 6.45) is -0.0141. The molecule has 4 nitrogen and oxygen atoms in total. The smallest absolute Gasteiger partial charge is 0.302 e. The molecular weight excluding hydrogens is 410 g/mol. The lowest BCUT2D eigenvalue weighted by atomic mass is 9.81. The number of carbonyl (C=O) groups is 1. The standard InChI is InChI=1S/C20H19ClF2O4S/c1-13(24)27-16-8-10-20(11-9-16,18-12-15(22)4-7-19(18)23)28(25,26)17-5-2-14(21)3-6-17/h2-7,12,16H,8-11H2,1H3. The summed E-state index contributed by atoms with van der Waals surface area (Å²) in [4.78, 5) is 11.2. The van der Waals surface area contributed by atoms with Gasteiger partial charge < -0.3 is 4.74 Å². The molecule has 2 aromatic rings. The number of hydrogen-bond donors (Lipinski definition) is 0. The van der Waals surface area contributed by atoms with Crippen molar-refractivity contribution in [1.29, 1.82) is 0 Å². The predicted molar refractivity (Wildman–Crippen MR) is 101 cm³/mol. The zero-order valence-corrected chi connectivity index (χ0v) is 16.7. The predicted octanol–water partition coefficient (Wildman–Crippen LogP) is 4.79. The molecule has 0 amide bonds. The van der Waals surface area contributed by atoms with E-state index in [-0.39, 0.29) is 36.1 Å². The highest BCUT2D eigenvalue weighted by atomic mass is 35.5. The second-order valence-electron chi connectivity index (χ2n) is 6.88. The second kappa shape index (κ2) is 7.79. The van der Waals surface area contributed by atoms with Crippen molar-refractivity contribution in [2.24, 2.45) is 0 Å². The molecule has 0 saturated heterocycles. The Morgan fingerprint density at radius 1 is 1.11 bits per heavy atom. The first kappa shape index (κ1) is 20.7. The molecule has 0 aliphatic heterocycles. The van der Waals surface area contributed by atoms with Gasteiger partial charge in [-0.3, -0.25) is 4.79 Å². The lowest BCUT2D eigenvalue weighted by Crippen LogP contribution is -2.42. The number of carbonyl (C=O) groups excluding carboxylic acids is 1. The minimum atomic E-state index is -4.09. The van der Waals surface area contributed by atoms with Crippen LogP contribution in [-0.2, 0) is 24.1 Å². The summed E-state index contributed by atoms with van der Waals surface area (Å²) in [5.41, 5.74) is -0.205. The third-order valence-electron chi connectivity index (χ3n) is 5.13. The van der Waals surface area contributed by atoms with Crippen molar-refractivity contribution >= 4 is 27.4 Å². The van der Waals surface area contributed by atoms with Gasteiger partial charge in [0.2, 0.25) is 0 Å². The summed E-state index contributed by atoms with van der Waals surface area (Å²) >= 11 is 5.86. The summed E-state index contributed by atoms with van der Waals surface area (Å²) in [5.74, 6) is -1.97. The number of benzene rings is 2. The third kappa shape index (κ3) is 3.78. The molecule has 1 saturated carbocycles. The molecule has 8 heteroatoms. The van der Waals surface area contributed by atoms with E-state index in [9.17, 15) is 22.0 Å². The first-order chi connectivity index (χ1) is 13.2. The Morgan fingerprint density at radius 3 is 2.29 bits per heavy atom. The van der Waals surface area contributed by atoms with Crippen molar-refractivity contribution in [3.05, 3.63) is 64.7 Å². The van der Waals surface area contributed by atoms with Crippen molar-refractivity contribution < 1.29 is 26.7 Å². The molecule has 0 aromatic heterocycles. The van der Waals surface area contributed by atoms with E-state index in [1.807, 2.05) is 0 Å². The van der Waals surface area contributed by atoms with Gasteiger partial charge in [0.25, 0.3) is 0 Å². The largest absolute Gasteiger partial charge is 0.463 e. The van der Waals surface area contributed by atoms with E-state index in [0.29, 0.717) is 5.02 Å². The maximum absolute atomic E-state index is 14.7. The van der Waals surface area contributed by atoms with Crippen LogP contribution in [0.2, 0.25) is 5.02 Å². The summed E-state index contributed by atoms with van der Waals surface area (Å²) in [7, 11) is -4.09. The van der Waals surface area contributed by atoms with Gasteiger partial charge in [-0.2, -0.15) is 0 Å². The second-order valence-corrected chi connectivity index (χ2v) is 9.58. The van der Waals surface area contributed by atoms with Gasteiger partial charge in [-0.15, -0.1) is 0 Å².